The third-order valence-electron chi connectivity index (χ3n) is 2.00. The van der Waals surface area contributed by atoms with Gasteiger partial charge < -0.3 is 14.8 Å². The van der Waals surface area contributed by atoms with Gasteiger partial charge in [-0.15, -0.1) is 13.2 Å². The van der Waals surface area contributed by atoms with E-state index in [0.29, 0.717) is 0 Å². The van der Waals surface area contributed by atoms with E-state index < -0.39 is 47.4 Å². The largest absolute Gasteiger partial charge is 0.573 e. The molecule has 5 nitrogen and oxygen atoms in total. The van der Waals surface area contributed by atoms with E-state index >= 15 is 0 Å². The molecule has 11 heteroatoms. The van der Waals surface area contributed by atoms with Gasteiger partial charge >= 0.3 is 18.5 Å². The minimum atomic E-state index is -5.44. The number of aromatic amines is 1. The van der Waals surface area contributed by atoms with Crippen molar-refractivity contribution in [3.63, 3.8) is 0 Å². The van der Waals surface area contributed by atoms with Crippen molar-refractivity contribution in [2.24, 2.45) is 0 Å². The van der Waals surface area contributed by atoms with Gasteiger partial charge in [-0.1, -0.05) is 0 Å². The summed E-state index contributed by atoms with van der Waals surface area (Å²) in [7, 11) is 0. The second-order valence-electron chi connectivity index (χ2n) is 3.46. The van der Waals surface area contributed by atoms with E-state index in [2.05, 4.69) is 4.74 Å². The van der Waals surface area contributed by atoms with E-state index in [-0.39, 0.29) is 6.20 Å². The van der Waals surface area contributed by atoms with Crippen LogP contribution in [-0.2, 0) is 17.4 Å². The van der Waals surface area contributed by atoms with Crippen LogP contribution in [0.3, 0.4) is 0 Å². The lowest BCUT2D eigenvalue weighted by Gasteiger charge is -2.16. The molecule has 0 fully saturated rings. The molecule has 0 aliphatic rings. The highest BCUT2D eigenvalue weighted by Gasteiger charge is 2.40. The number of carboxylic acid groups (broad SMARTS) is 1. The van der Waals surface area contributed by atoms with Gasteiger partial charge in [0.25, 0.3) is 5.56 Å². The molecule has 0 amide bonds. The van der Waals surface area contributed by atoms with Crippen LogP contribution in [0.2, 0.25) is 0 Å². The van der Waals surface area contributed by atoms with Gasteiger partial charge in [-0.3, -0.25) is 9.59 Å². The third-order valence-corrected chi connectivity index (χ3v) is 2.00. The molecule has 0 aliphatic heterocycles. The van der Waals surface area contributed by atoms with Crippen LogP contribution in [0.4, 0.5) is 26.3 Å². The molecule has 1 heterocycles. The molecule has 0 aliphatic carbocycles. The topological polar surface area (TPSA) is 79.4 Å². The van der Waals surface area contributed by atoms with Crippen molar-refractivity contribution in [2.45, 2.75) is 19.0 Å². The molecular weight excluding hydrogens is 300 g/mol. The zero-order chi connectivity index (χ0) is 15.7. The lowest BCUT2D eigenvalue weighted by Crippen LogP contribution is -2.27. The van der Waals surface area contributed by atoms with Gasteiger partial charge in [-0.25, -0.2) is 0 Å². The van der Waals surface area contributed by atoms with E-state index in [4.69, 9.17) is 5.11 Å². The molecule has 0 radical (unpaired) electrons. The monoisotopic (exact) mass is 305 g/mol. The Labute approximate surface area is 105 Å². The Bertz CT molecular complexity index is 573. The number of pyridine rings is 1. The maximum atomic E-state index is 12.6. The number of hydrogen-bond donors (Lipinski definition) is 2. The molecule has 0 unspecified atom stereocenters. The Morgan fingerprint density at radius 3 is 2.20 bits per heavy atom. The first-order chi connectivity index (χ1) is 8.92. The normalized spacial score (nSPS) is 12.3. The molecule has 0 saturated heterocycles. The van der Waals surface area contributed by atoms with Crippen molar-refractivity contribution in [3.8, 4) is 5.75 Å². The molecule has 112 valence electrons. The Kier molecular flexibility index (Phi) is 4.01. The van der Waals surface area contributed by atoms with Crippen LogP contribution in [0.15, 0.2) is 11.0 Å². The van der Waals surface area contributed by atoms with E-state index in [0.717, 1.165) is 0 Å². The second-order valence-corrected chi connectivity index (χ2v) is 3.46. The third kappa shape index (κ3) is 3.90. The zero-order valence-electron chi connectivity index (χ0n) is 9.22. The number of nitrogens with one attached hydrogen (secondary N) is 1. The van der Waals surface area contributed by atoms with Crippen LogP contribution in [0.1, 0.15) is 11.1 Å². The molecule has 1 aromatic heterocycles. The number of carboxylic acids is 1. The number of halogens is 6. The van der Waals surface area contributed by atoms with Crippen molar-refractivity contribution in [1.82, 2.24) is 4.98 Å². The maximum Gasteiger partial charge on any atom is 0.573 e. The van der Waals surface area contributed by atoms with Crippen LogP contribution in [0.25, 0.3) is 0 Å². The van der Waals surface area contributed by atoms with Crippen LogP contribution >= 0.6 is 0 Å². The molecule has 1 rings (SSSR count). The minimum Gasteiger partial charge on any atom is -0.481 e. The van der Waals surface area contributed by atoms with Gasteiger partial charge in [0.1, 0.15) is 0 Å². The quantitative estimate of drug-likeness (QED) is 0.836. The number of aliphatic carboxylic acids is 1. The van der Waals surface area contributed by atoms with Crippen molar-refractivity contribution in [2.75, 3.05) is 0 Å². The van der Waals surface area contributed by atoms with E-state index in [1.165, 1.54) is 4.98 Å². The Morgan fingerprint density at radius 2 is 1.80 bits per heavy atom. The number of hydrogen-bond acceptors (Lipinski definition) is 3. The van der Waals surface area contributed by atoms with Crippen molar-refractivity contribution in [1.29, 1.82) is 0 Å². The highest BCUT2D eigenvalue weighted by molar-refractivity contribution is 5.72. The van der Waals surface area contributed by atoms with Gasteiger partial charge in [0.15, 0.2) is 5.75 Å². The fraction of sp³-hybridized carbons (Fsp3) is 0.333. The van der Waals surface area contributed by atoms with Crippen LogP contribution in [0, 0.1) is 0 Å². The average Bonchev–Trinajstić information content (AvgIpc) is 2.19. The fourth-order valence-electron chi connectivity index (χ4n) is 1.35. The molecule has 0 aromatic carbocycles. The number of H-pyrrole nitrogens is 1. The lowest BCUT2D eigenvalue weighted by atomic mass is 10.1. The van der Waals surface area contributed by atoms with Crippen molar-refractivity contribution in [3.05, 3.63) is 27.7 Å². The number of rotatable bonds is 3. The van der Waals surface area contributed by atoms with E-state index in [9.17, 15) is 35.9 Å². The van der Waals surface area contributed by atoms with Gasteiger partial charge in [-0.2, -0.15) is 13.2 Å². The molecule has 0 spiro atoms. The average molecular weight is 305 g/mol. The number of carbonyl (C=O) groups is 1. The first-order valence-corrected chi connectivity index (χ1v) is 4.71. The summed E-state index contributed by atoms with van der Waals surface area (Å²) in [4.78, 5) is 23.0. The molecule has 0 atom stereocenters. The lowest BCUT2D eigenvalue weighted by molar-refractivity contribution is -0.275. The summed E-state index contributed by atoms with van der Waals surface area (Å²) in [6.45, 7) is 0. The van der Waals surface area contributed by atoms with Gasteiger partial charge in [0, 0.05) is 11.8 Å². The summed E-state index contributed by atoms with van der Waals surface area (Å²) < 4.78 is 77.2. The van der Waals surface area contributed by atoms with E-state index in [1.807, 2.05) is 0 Å². The maximum absolute atomic E-state index is 12.6. The number of alkyl halides is 6. The molecule has 2 N–H and O–H groups in total. The van der Waals surface area contributed by atoms with Crippen molar-refractivity contribution >= 4 is 5.97 Å². The first-order valence-electron chi connectivity index (χ1n) is 4.71. The Hall–Kier alpha value is -2.20. The molecule has 20 heavy (non-hydrogen) atoms. The fourth-order valence-corrected chi connectivity index (χ4v) is 1.35. The van der Waals surface area contributed by atoms with Gasteiger partial charge in [0.05, 0.1) is 12.0 Å². The summed E-state index contributed by atoms with van der Waals surface area (Å²) in [5, 5.41) is 8.45. The van der Waals surface area contributed by atoms with E-state index in [1.54, 1.807) is 0 Å². The summed E-state index contributed by atoms with van der Waals surface area (Å²) in [6.07, 6.45) is -12.0. The van der Waals surface area contributed by atoms with Crippen LogP contribution in [-0.4, -0.2) is 22.4 Å². The predicted octanol–water partition coefficient (Wildman–Crippen LogP) is 1.92. The standard InChI is InChI=1S/C9H5F6NO4/c10-8(11,12)4-2-16-7(19)6(20-9(13,14)15)3(4)1-5(17)18/h2H,1H2,(H,16,19)(H,17,18). The highest BCUT2D eigenvalue weighted by atomic mass is 19.4. The number of aromatic nitrogens is 1. The number of ether oxygens (including phenoxy) is 1. The SMILES string of the molecule is O=C(O)Cc1c(C(F)(F)F)c[nH]c(=O)c1OC(F)(F)F. The summed E-state index contributed by atoms with van der Waals surface area (Å²) in [5.41, 5.74) is -4.74. The predicted molar refractivity (Wildman–Crippen MR) is 50.1 cm³/mol. The van der Waals surface area contributed by atoms with Gasteiger partial charge in [0.2, 0.25) is 0 Å². The first kappa shape index (κ1) is 15.9. The summed E-state index contributed by atoms with van der Waals surface area (Å²) in [5.74, 6) is -3.59. The summed E-state index contributed by atoms with van der Waals surface area (Å²) >= 11 is 0. The zero-order valence-corrected chi connectivity index (χ0v) is 9.22. The van der Waals surface area contributed by atoms with Crippen LogP contribution in [0.5, 0.6) is 5.75 Å². The van der Waals surface area contributed by atoms with Crippen LogP contribution < -0.4 is 10.3 Å². The smallest absolute Gasteiger partial charge is 0.481 e. The Morgan fingerprint density at radius 1 is 1.25 bits per heavy atom. The summed E-state index contributed by atoms with van der Waals surface area (Å²) in [6, 6.07) is 0. The molecule has 0 saturated carbocycles. The Balaban J connectivity index is 3.54. The second kappa shape index (κ2) is 5.06. The molecular formula is C9H5F6NO4. The molecule has 0 bridgehead atoms. The van der Waals surface area contributed by atoms with Crippen molar-refractivity contribution < 1.29 is 41.0 Å². The minimum absolute atomic E-state index is 0.0871. The highest BCUT2D eigenvalue weighted by Crippen LogP contribution is 2.35. The van der Waals surface area contributed by atoms with Gasteiger partial charge in [-0.05, 0) is 0 Å². The molecule has 1 aromatic rings.